The van der Waals surface area contributed by atoms with Crippen molar-refractivity contribution in [1.29, 1.82) is 0 Å². The van der Waals surface area contributed by atoms with Crippen LogP contribution >= 0.6 is 0 Å². The van der Waals surface area contributed by atoms with Crippen molar-refractivity contribution in [3.05, 3.63) is 35.1 Å². The fourth-order valence-electron chi connectivity index (χ4n) is 3.51. The number of alkyl halides is 3. The molecule has 0 bridgehead atoms. The lowest BCUT2D eigenvalue weighted by atomic mass is 9.68. The van der Waals surface area contributed by atoms with E-state index in [1.165, 1.54) is 12.5 Å². The predicted octanol–water partition coefficient (Wildman–Crippen LogP) is 5.08. The molecule has 1 nitrogen and oxygen atoms in total. The summed E-state index contributed by atoms with van der Waals surface area (Å²) in [7, 11) is 1.75. The second-order valence-electron chi connectivity index (χ2n) is 6.17. The molecule has 1 aliphatic rings. The number of halogens is 4. The highest BCUT2D eigenvalue weighted by molar-refractivity contribution is 5.30. The molecule has 1 N–H and O–H groups in total. The van der Waals surface area contributed by atoms with Crippen LogP contribution in [0.1, 0.15) is 56.2 Å². The zero-order valence-electron chi connectivity index (χ0n) is 12.4. The van der Waals surface area contributed by atoms with Crippen molar-refractivity contribution in [3.63, 3.8) is 0 Å². The van der Waals surface area contributed by atoms with Crippen molar-refractivity contribution in [1.82, 2.24) is 5.32 Å². The van der Waals surface area contributed by atoms with Gasteiger partial charge in [-0.25, -0.2) is 4.39 Å². The SMILES string of the molecule is CNC(c1ccc(F)c(C(F)(F)F)c1)C1(C)CCCCC1. The van der Waals surface area contributed by atoms with Crippen molar-refractivity contribution in [2.75, 3.05) is 7.05 Å². The summed E-state index contributed by atoms with van der Waals surface area (Å²) in [5.74, 6) is -1.21. The molecule has 0 aliphatic heterocycles. The van der Waals surface area contributed by atoms with Crippen LogP contribution in [-0.2, 0) is 6.18 Å². The van der Waals surface area contributed by atoms with Crippen LogP contribution in [0, 0.1) is 11.2 Å². The molecule has 1 fully saturated rings. The van der Waals surface area contributed by atoms with Crippen LogP contribution in [0.25, 0.3) is 0 Å². The fraction of sp³-hybridized carbons (Fsp3) is 0.625. The Morgan fingerprint density at radius 3 is 2.29 bits per heavy atom. The van der Waals surface area contributed by atoms with E-state index < -0.39 is 17.6 Å². The third kappa shape index (κ3) is 3.39. The van der Waals surface area contributed by atoms with E-state index in [4.69, 9.17) is 0 Å². The van der Waals surface area contributed by atoms with Crippen LogP contribution in [-0.4, -0.2) is 7.05 Å². The average Bonchev–Trinajstić information content (AvgIpc) is 2.40. The molecule has 0 amide bonds. The summed E-state index contributed by atoms with van der Waals surface area (Å²) in [6.07, 6.45) is 0.619. The van der Waals surface area contributed by atoms with E-state index in [-0.39, 0.29) is 11.5 Å². The largest absolute Gasteiger partial charge is 0.419 e. The van der Waals surface area contributed by atoms with Gasteiger partial charge in [0.05, 0.1) is 5.56 Å². The van der Waals surface area contributed by atoms with Crippen molar-refractivity contribution in [2.45, 2.75) is 51.2 Å². The molecule has 0 saturated heterocycles. The van der Waals surface area contributed by atoms with Gasteiger partial charge in [-0.1, -0.05) is 32.3 Å². The number of rotatable bonds is 3. The summed E-state index contributed by atoms with van der Waals surface area (Å²) in [4.78, 5) is 0. The molecule has 5 heteroatoms. The van der Waals surface area contributed by atoms with Gasteiger partial charge in [0.2, 0.25) is 0 Å². The van der Waals surface area contributed by atoms with Gasteiger partial charge in [0.15, 0.2) is 0 Å². The molecule has 1 saturated carbocycles. The van der Waals surface area contributed by atoms with Gasteiger partial charge in [0.1, 0.15) is 5.82 Å². The molecule has 1 aromatic rings. The lowest BCUT2D eigenvalue weighted by molar-refractivity contribution is -0.140. The van der Waals surface area contributed by atoms with E-state index in [9.17, 15) is 17.6 Å². The first kappa shape index (κ1) is 16.3. The van der Waals surface area contributed by atoms with Crippen molar-refractivity contribution in [2.24, 2.45) is 5.41 Å². The quantitative estimate of drug-likeness (QED) is 0.768. The van der Waals surface area contributed by atoms with Crippen molar-refractivity contribution in [3.8, 4) is 0 Å². The Labute approximate surface area is 122 Å². The van der Waals surface area contributed by atoms with Crippen LogP contribution in [0.3, 0.4) is 0 Å². The second kappa shape index (κ2) is 5.95. The molecule has 0 aromatic heterocycles. The van der Waals surface area contributed by atoms with Gasteiger partial charge in [0, 0.05) is 6.04 Å². The minimum absolute atomic E-state index is 0.0896. The number of hydrogen-bond acceptors (Lipinski definition) is 1. The molecule has 1 aromatic carbocycles. The normalized spacial score (nSPS) is 20.3. The van der Waals surface area contributed by atoms with Gasteiger partial charge in [-0.3, -0.25) is 0 Å². The number of nitrogens with one attached hydrogen (secondary N) is 1. The van der Waals surface area contributed by atoms with Crippen molar-refractivity contribution < 1.29 is 17.6 Å². The maximum Gasteiger partial charge on any atom is 0.419 e. The van der Waals surface area contributed by atoms with E-state index in [1.54, 1.807) is 7.05 Å². The predicted molar refractivity (Wildman–Crippen MR) is 74.4 cm³/mol. The summed E-state index contributed by atoms with van der Waals surface area (Å²) in [6, 6.07) is 3.15. The van der Waals surface area contributed by atoms with Gasteiger partial charge in [-0.15, -0.1) is 0 Å². The maximum atomic E-state index is 13.4. The highest BCUT2D eigenvalue weighted by Crippen LogP contribution is 2.46. The zero-order valence-corrected chi connectivity index (χ0v) is 12.4. The monoisotopic (exact) mass is 303 g/mol. The topological polar surface area (TPSA) is 12.0 Å². The van der Waals surface area contributed by atoms with Crippen LogP contribution in [0.5, 0.6) is 0 Å². The number of benzene rings is 1. The van der Waals surface area contributed by atoms with Gasteiger partial charge < -0.3 is 5.32 Å². The third-order valence-electron chi connectivity index (χ3n) is 4.61. The summed E-state index contributed by atoms with van der Waals surface area (Å²) in [6.45, 7) is 2.10. The van der Waals surface area contributed by atoms with Gasteiger partial charge in [-0.2, -0.15) is 13.2 Å². The van der Waals surface area contributed by atoms with E-state index >= 15 is 0 Å². The van der Waals surface area contributed by atoms with Crippen LogP contribution in [0.2, 0.25) is 0 Å². The van der Waals surface area contributed by atoms with Crippen LogP contribution < -0.4 is 5.32 Å². The molecular weight excluding hydrogens is 282 g/mol. The summed E-state index contributed by atoms with van der Waals surface area (Å²) in [5, 5.41) is 3.14. The molecule has 0 spiro atoms. The Bertz CT molecular complexity index is 490. The molecule has 1 unspecified atom stereocenters. The molecular formula is C16H21F4N. The van der Waals surface area contributed by atoms with Crippen molar-refractivity contribution >= 4 is 0 Å². The standard InChI is InChI=1S/C16H21F4N/c1-15(8-4-3-5-9-15)14(21-2)11-6-7-13(17)12(10-11)16(18,19)20/h6-7,10,14,21H,3-5,8-9H2,1-2H3. The average molecular weight is 303 g/mol. The Balaban J connectivity index is 2.39. The summed E-state index contributed by atoms with van der Waals surface area (Å²) < 4.78 is 52.1. The first-order valence-corrected chi connectivity index (χ1v) is 7.32. The minimum atomic E-state index is -4.66. The van der Waals surface area contributed by atoms with Gasteiger partial charge in [0.25, 0.3) is 0 Å². The zero-order chi connectivity index (χ0) is 15.7. The van der Waals surface area contributed by atoms with Crippen LogP contribution in [0.15, 0.2) is 18.2 Å². The molecule has 2 rings (SSSR count). The highest BCUT2D eigenvalue weighted by atomic mass is 19.4. The van der Waals surface area contributed by atoms with E-state index in [1.807, 2.05) is 0 Å². The van der Waals surface area contributed by atoms with E-state index in [0.29, 0.717) is 5.56 Å². The Hall–Kier alpha value is -1.10. The Kier molecular flexibility index (Phi) is 4.61. The van der Waals surface area contributed by atoms with E-state index in [0.717, 1.165) is 37.8 Å². The lowest BCUT2D eigenvalue weighted by Gasteiger charge is -2.41. The smallest absolute Gasteiger partial charge is 0.313 e. The molecule has 118 valence electrons. The van der Waals surface area contributed by atoms with E-state index in [2.05, 4.69) is 12.2 Å². The summed E-state index contributed by atoms with van der Waals surface area (Å²) >= 11 is 0. The van der Waals surface area contributed by atoms with Gasteiger partial charge >= 0.3 is 6.18 Å². The minimum Gasteiger partial charge on any atom is -0.313 e. The first-order chi connectivity index (χ1) is 9.78. The first-order valence-electron chi connectivity index (χ1n) is 7.32. The number of hydrogen-bond donors (Lipinski definition) is 1. The summed E-state index contributed by atoms with van der Waals surface area (Å²) in [5.41, 5.74) is -0.761. The molecule has 0 radical (unpaired) electrons. The molecule has 1 aliphatic carbocycles. The fourth-order valence-corrected chi connectivity index (χ4v) is 3.51. The lowest BCUT2D eigenvalue weighted by Crippen LogP contribution is -2.36. The second-order valence-corrected chi connectivity index (χ2v) is 6.17. The Morgan fingerprint density at radius 2 is 1.76 bits per heavy atom. The van der Waals surface area contributed by atoms with Crippen LogP contribution in [0.4, 0.5) is 17.6 Å². The highest BCUT2D eigenvalue weighted by Gasteiger charge is 2.38. The molecule has 21 heavy (non-hydrogen) atoms. The molecule has 0 heterocycles. The third-order valence-corrected chi connectivity index (χ3v) is 4.61. The van der Waals surface area contributed by atoms with Gasteiger partial charge in [-0.05, 0) is 43.0 Å². The maximum absolute atomic E-state index is 13.4. The molecule has 1 atom stereocenters. The Morgan fingerprint density at radius 1 is 1.14 bits per heavy atom.